The van der Waals surface area contributed by atoms with Crippen LogP contribution in [-0.4, -0.2) is 31.3 Å². The predicted octanol–water partition coefficient (Wildman–Crippen LogP) is 1.53. The monoisotopic (exact) mass is 250 g/mol. The van der Waals surface area contributed by atoms with Gasteiger partial charge in [-0.2, -0.15) is 0 Å². The van der Waals surface area contributed by atoms with Gasteiger partial charge in [-0.25, -0.2) is 0 Å². The van der Waals surface area contributed by atoms with E-state index in [1.54, 1.807) is 0 Å². The van der Waals surface area contributed by atoms with Crippen molar-refractivity contribution in [2.24, 2.45) is 11.7 Å². The van der Waals surface area contributed by atoms with Crippen LogP contribution in [0.3, 0.4) is 0 Å². The van der Waals surface area contributed by atoms with Crippen LogP contribution in [0.4, 0.5) is 5.69 Å². The molecule has 3 N–H and O–H groups in total. The van der Waals surface area contributed by atoms with Crippen LogP contribution in [0.2, 0.25) is 0 Å². The largest absolute Gasteiger partial charge is 0.486 e. The van der Waals surface area contributed by atoms with Gasteiger partial charge < -0.3 is 20.5 Å². The van der Waals surface area contributed by atoms with Crippen LogP contribution >= 0.6 is 0 Å². The van der Waals surface area contributed by atoms with Crippen molar-refractivity contribution in [1.29, 1.82) is 0 Å². The Kier molecular flexibility index (Phi) is 3.78. The van der Waals surface area contributed by atoms with E-state index in [1.165, 1.54) is 0 Å². The van der Waals surface area contributed by atoms with E-state index >= 15 is 0 Å². The Bertz CT molecular complexity index is 420. The molecule has 1 aromatic carbocycles. The van der Waals surface area contributed by atoms with Crippen molar-refractivity contribution in [2.75, 3.05) is 25.0 Å². The number of aliphatic hydroxyl groups is 1. The van der Waals surface area contributed by atoms with Crippen molar-refractivity contribution in [1.82, 2.24) is 0 Å². The predicted molar refractivity (Wildman–Crippen MR) is 73.0 cm³/mol. The minimum Gasteiger partial charge on any atom is -0.486 e. The quantitative estimate of drug-likeness (QED) is 0.854. The summed E-state index contributed by atoms with van der Waals surface area (Å²) < 4.78 is 5.98. The Hall–Kier alpha value is -1.26. The Balaban J connectivity index is 2.29. The van der Waals surface area contributed by atoms with Crippen molar-refractivity contribution in [3.05, 3.63) is 23.8 Å². The minimum absolute atomic E-state index is 0.216. The van der Waals surface area contributed by atoms with Crippen LogP contribution in [-0.2, 0) is 0 Å². The van der Waals surface area contributed by atoms with E-state index in [1.807, 2.05) is 18.2 Å². The highest BCUT2D eigenvalue weighted by molar-refractivity contribution is 5.61. The standard InChI is InChI=1S/C14H22N2O2/c1-9(2)14-8-16(3)11-6-10(12(17)7-15)4-5-13(11)18-14/h4-6,9,12,14,17H,7-8,15H2,1-3H3. The van der Waals surface area contributed by atoms with Crippen molar-refractivity contribution in [2.45, 2.75) is 26.1 Å². The third kappa shape index (κ3) is 2.44. The number of anilines is 1. The summed E-state index contributed by atoms with van der Waals surface area (Å²) in [5.74, 6) is 1.37. The molecule has 2 unspecified atom stereocenters. The molecule has 100 valence electrons. The highest BCUT2D eigenvalue weighted by atomic mass is 16.5. The van der Waals surface area contributed by atoms with Gasteiger partial charge in [0.15, 0.2) is 0 Å². The third-order valence-corrected chi connectivity index (χ3v) is 3.48. The first kappa shape index (κ1) is 13.2. The van der Waals surface area contributed by atoms with Crippen LogP contribution in [0.5, 0.6) is 5.75 Å². The van der Waals surface area contributed by atoms with Crippen molar-refractivity contribution in [3.63, 3.8) is 0 Å². The molecule has 0 saturated heterocycles. The molecule has 0 bridgehead atoms. The first-order chi connectivity index (χ1) is 8.52. The molecule has 0 fully saturated rings. The lowest BCUT2D eigenvalue weighted by molar-refractivity contribution is 0.147. The summed E-state index contributed by atoms with van der Waals surface area (Å²) in [5, 5.41) is 9.77. The third-order valence-electron chi connectivity index (χ3n) is 3.48. The first-order valence-electron chi connectivity index (χ1n) is 6.42. The summed E-state index contributed by atoms with van der Waals surface area (Å²) in [4.78, 5) is 2.18. The molecule has 0 spiro atoms. The average Bonchev–Trinajstić information content (AvgIpc) is 2.37. The fourth-order valence-corrected chi connectivity index (χ4v) is 2.19. The van der Waals surface area contributed by atoms with Crippen LogP contribution in [0.1, 0.15) is 25.5 Å². The second-order valence-electron chi connectivity index (χ2n) is 5.26. The lowest BCUT2D eigenvalue weighted by Gasteiger charge is -2.36. The maximum atomic E-state index is 9.77. The Morgan fingerprint density at radius 3 is 2.83 bits per heavy atom. The maximum Gasteiger partial charge on any atom is 0.143 e. The van der Waals surface area contributed by atoms with E-state index in [0.29, 0.717) is 5.92 Å². The molecule has 0 saturated carbocycles. The van der Waals surface area contributed by atoms with Crippen molar-refractivity contribution in [3.8, 4) is 5.75 Å². The molecule has 18 heavy (non-hydrogen) atoms. The molecule has 0 radical (unpaired) electrons. The smallest absolute Gasteiger partial charge is 0.143 e. The van der Waals surface area contributed by atoms with Crippen LogP contribution in [0.25, 0.3) is 0 Å². The Morgan fingerprint density at radius 2 is 2.22 bits per heavy atom. The van der Waals surface area contributed by atoms with Gasteiger partial charge >= 0.3 is 0 Å². The van der Waals surface area contributed by atoms with E-state index in [2.05, 4.69) is 25.8 Å². The molecule has 0 aliphatic carbocycles. The van der Waals surface area contributed by atoms with Gasteiger partial charge in [0.2, 0.25) is 0 Å². The number of nitrogens with zero attached hydrogens (tertiary/aromatic N) is 1. The topological polar surface area (TPSA) is 58.7 Å². The zero-order valence-electron chi connectivity index (χ0n) is 11.3. The van der Waals surface area contributed by atoms with Crippen LogP contribution < -0.4 is 15.4 Å². The summed E-state index contributed by atoms with van der Waals surface area (Å²) in [5.41, 5.74) is 7.35. The molecule has 0 aromatic heterocycles. The molecule has 4 nitrogen and oxygen atoms in total. The molecular formula is C14H22N2O2. The SMILES string of the molecule is CC(C)C1CN(C)c2cc(C(O)CN)ccc2O1. The van der Waals surface area contributed by atoms with Gasteiger partial charge in [-0.05, 0) is 23.6 Å². The number of aliphatic hydroxyl groups excluding tert-OH is 1. The normalized spacial score (nSPS) is 20.6. The average molecular weight is 250 g/mol. The summed E-state index contributed by atoms with van der Waals surface area (Å²) in [6, 6.07) is 5.77. The number of hydrogen-bond acceptors (Lipinski definition) is 4. The summed E-state index contributed by atoms with van der Waals surface area (Å²) in [6.07, 6.45) is -0.390. The van der Waals surface area contributed by atoms with Gasteiger partial charge in [-0.15, -0.1) is 0 Å². The van der Waals surface area contributed by atoms with E-state index in [-0.39, 0.29) is 12.6 Å². The molecular weight excluding hydrogens is 228 g/mol. The Labute approximate surface area is 108 Å². The fourth-order valence-electron chi connectivity index (χ4n) is 2.19. The van der Waals surface area contributed by atoms with Crippen molar-refractivity contribution >= 4 is 5.69 Å². The highest BCUT2D eigenvalue weighted by Gasteiger charge is 2.26. The zero-order valence-corrected chi connectivity index (χ0v) is 11.3. The van der Waals surface area contributed by atoms with Crippen LogP contribution in [0, 0.1) is 5.92 Å². The molecule has 4 heteroatoms. The number of nitrogens with two attached hydrogens (primary N) is 1. The summed E-state index contributed by atoms with van der Waals surface area (Å²) >= 11 is 0. The first-order valence-corrected chi connectivity index (χ1v) is 6.42. The number of fused-ring (bicyclic) bond motifs is 1. The molecule has 1 aliphatic heterocycles. The molecule has 1 aliphatic rings. The summed E-state index contributed by atoms with van der Waals surface area (Å²) in [7, 11) is 2.05. The van der Waals surface area contributed by atoms with E-state index in [4.69, 9.17) is 10.5 Å². The lowest BCUT2D eigenvalue weighted by atomic mass is 10.0. The van der Waals surface area contributed by atoms with E-state index in [0.717, 1.165) is 23.5 Å². The van der Waals surface area contributed by atoms with Gasteiger partial charge in [-0.3, -0.25) is 0 Å². The lowest BCUT2D eigenvalue weighted by Crippen LogP contribution is -2.40. The number of hydrogen-bond donors (Lipinski definition) is 2. The number of likely N-dealkylation sites (N-methyl/N-ethyl adjacent to an activating group) is 1. The van der Waals surface area contributed by atoms with E-state index in [9.17, 15) is 5.11 Å². The fraction of sp³-hybridized carbons (Fsp3) is 0.571. The van der Waals surface area contributed by atoms with Crippen LogP contribution in [0.15, 0.2) is 18.2 Å². The number of benzene rings is 1. The van der Waals surface area contributed by atoms with Gasteiger partial charge in [-0.1, -0.05) is 19.9 Å². The molecule has 2 atom stereocenters. The second-order valence-corrected chi connectivity index (χ2v) is 5.26. The molecule has 1 aromatic rings. The number of ether oxygens (including phenoxy) is 1. The highest BCUT2D eigenvalue weighted by Crippen LogP contribution is 2.35. The summed E-state index contributed by atoms with van der Waals surface area (Å²) in [6.45, 7) is 5.43. The van der Waals surface area contributed by atoms with Gasteiger partial charge in [0.25, 0.3) is 0 Å². The van der Waals surface area contributed by atoms with Gasteiger partial charge in [0.1, 0.15) is 11.9 Å². The Morgan fingerprint density at radius 1 is 1.50 bits per heavy atom. The maximum absolute atomic E-state index is 9.77. The number of rotatable bonds is 3. The van der Waals surface area contributed by atoms with Gasteiger partial charge in [0, 0.05) is 13.6 Å². The molecule has 0 amide bonds. The zero-order chi connectivity index (χ0) is 13.3. The van der Waals surface area contributed by atoms with Gasteiger partial charge in [0.05, 0.1) is 18.3 Å². The second kappa shape index (κ2) is 5.16. The van der Waals surface area contributed by atoms with E-state index < -0.39 is 6.10 Å². The minimum atomic E-state index is -0.605. The molecule has 1 heterocycles. The molecule has 2 rings (SSSR count). The van der Waals surface area contributed by atoms with Crippen molar-refractivity contribution < 1.29 is 9.84 Å².